The van der Waals surface area contributed by atoms with Crippen LogP contribution < -0.4 is 0 Å². The molecule has 0 unspecified atom stereocenters. The highest BCUT2D eigenvalue weighted by Crippen LogP contribution is 2.33. The van der Waals surface area contributed by atoms with Gasteiger partial charge in [-0.2, -0.15) is 0 Å². The van der Waals surface area contributed by atoms with Gasteiger partial charge in [0.05, 0.1) is 5.52 Å². The first-order valence-corrected chi connectivity index (χ1v) is 6.70. The van der Waals surface area contributed by atoms with E-state index in [1.807, 2.05) is 6.20 Å². The first-order valence-electron chi connectivity index (χ1n) is 6.70. The molecule has 0 aliphatic rings. The number of hydrogen-bond acceptors (Lipinski definition) is 1. The molecule has 0 saturated heterocycles. The molecular weight excluding hydrogens is 218 g/mol. The van der Waals surface area contributed by atoms with E-state index in [-0.39, 0.29) is 5.41 Å². The van der Waals surface area contributed by atoms with Crippen LogP contribution in [0.2, 0.25) is 0 Å². The molecule has 0 amide bonds. The Morgan fingerprint density at radius 3 is 2.33 bits per heavy atom. The second kappa shape index (κ2) is 4.38. The molecule has 18 heavy (non-hydrogen) atoms. The summed E-state index contributed by atoms with van der Waals surface area (Å²) < 4.78 is 0. The summed E-state index contributed by atoms with van der Waals surface area (Å²) in [6.45, 7) is 13.4. The van der Waals surface area contributed by atoms with Crippen LogP contribution in [0.3, 0.4) is 0 Å². The molecule has 0 radical (unpaired) electrons. The van der Waals surface area contributed by atoms with Crippen LogP contribution in [0.4, 0.5) is 0 Å². The van der Waals surface area contributed by atoms with Gasteiger partial charge in [0.25, 0.3) is 0 Å². The average Bonchev–Trinajstić information content (AvgIpc) is 2.27. The van der Waals surface area contributed by atoms with Crippen molar-refractivity contribution in [3.8, 4) is 0 Å². The topological polar surface area (TPSA) is 12.9 Å². The van der Waals surface area contributed by atoms with Crippen molar-refractivity contribution in [1.82, 2.24) is 4.98 Å². The molecule has 2 aromatic rings. The van der Waals surface area contributed by atoms with Crippen LogP contribution in [-0.4, -0.2) is 4.98 Å². The second-order valence-corrected chi connectivity index (χ2v) is 6.50. The summed E-state index contributed by atoms with van der Waals surface area (Å²) in [7, 11) is 0. The van der Waals surface area contributed by atoms with Crippen LogP contribution in [0.25, 0.3) is 10.9 Å². The lowest BCUT2D eigenvalue weighted by molar-refractivity contribution is 0.593. The van der Waals surface area contributed by atoms with Crippen molar-refractivity contribution in [3.05, 3.63) is 41.1 Å². The van der Waals surface area contributed by atoms with E-state index in [4.69, 9.17) is 0 Å². The van der Waals surface area contributed by atoms with Crippen molar-refractivity contribution in [2.75, 3.05) is 0 Å². The number of aryl methyl sites for hydroxylation is 1. The number of benzene rings is 1. The summed E-state index contributed by atoms with van der Waals surface area (Å²) in [6, 6.07) is 6.73. The van der Waals surface area contributed by atoms with Crippen LogP contribution in [0, 0.1) is 6.92 Å². The number of aromatic nitrogens is 1. The Kier molecular flexibility index (Phi) is 3.18. The van der Waals surface area contributed by atoms with Crippen LogP contribution in [-0.2, 0) is 5.41 Å². The second-order valence-electron chi connectivity index (χ2n) is 6.50. The highest BCUT2D eigenvalue weighted by Gasteiger charge is 2.19. The van der Waals surface area contributed by atoms with Crippen molar-refractivity contribution in [2.24, 2.45) is 0 Å². The summed E-state index contributed by atoms with van der Waals surface area (Å²) in [5.41, 5.74) is 5.36. The monoisotopic (exact) mass is 241 g/mol. The molecule has 0 aliphatic heterocycles. The Labute approximate surface area is 110 Å². The molecule has 2 rings (SSSR count). The quantitative estimate of drug-likeness (QED) is 0.687. The molecule has 0 bridgehead atoms. The lowest BCUT2D eigenvalue weighted by atomic mass is 9.82. The van der Waals surface area contributed by atoms with Gasteiger partial charge in [0.15, 0.2) is 0 Å². The van der Waals surface area contributed by atoms with Gasteiger partial charge >= 0.3 is 0 Å². The summed E-state index contributed by atoms with van der Waals surface area (Å²) >= 11 is 0. The number of pyridine rings is 1. The van der Waals surface area contributed by atoms with E-state index < -0.39 is 0 Å². The van der Waals surface area contributed by atoms with Crippen LogP contribution in [0.1, 0.15) is 57.2 Å². The smallest absolute Gasteiger partial charge is 0.0742 e. The fraction of sp³-hybridized carbons (Fsp3) is 0.471. The van der Waals surface area contributed by atoms with Crippen molar-refractivity contribution in [2.45, 2.75) is 52.9 Å². The van der Waals surface area contributed by atoms with E-state index in [0.29, 0.717) is 5.92 Å². The zero-order valence-electron chi connectivity index (χ0n) is 12.3. The number of nitrogens with zero attached hydrogens (tertiary/aromatic N) is 1. The van der Waals surface area contributed by atoms with Crippen LogP contribution in [0.15, 0.2) is 24.4 Å². The molecule has 0 aliphatic carbocycles. The maximum Gasteiger partial charge on any atom is 0.0742 e. The first-order chi connectivity index (χ1) is 8.30. The molecule has 1 aromatic heterocycles. The zero-order chi connectivity index (χ0) is 13.5. The van der Waals surface area contributed by atoms with E-state index in [2.05, 4.69) is 64.7 Å². The third-order valence-corrected chi connectivity index (χ3v) is 3.56. The normalized spacial score (nSPS) is 12.4. The SMILES string of the molecule is Cc1ccnc2c(C(C)(C)C)cc(C(C)C)cc12. The number of fused-ring (bicyclic) bond motifs is 1. The minimum atomic E-state index is 0.129. The predicted molar refractivity (Wildman–Crippen MR) is 79.3 cm³/mol. The minimum absolute atomic E-state index is 0.129. The van der Waals surface area contributed by atoms with E-state index in [1.54, 1.807) is 0 Å². The van der Waals surface area contributed by atoms with E-state index in [1.165, 1.54) is 22.1 Å². The number of rotatable bonds is 1. The highest BCUT2D eigenvalue weighted by molar-refractivity contribution is 5.86. The van der Waals surface area contributed by atoms with Gasteiger partial charge in [-0.15, -0.1) is 0 Å². The molecule has 1 heteroatoms. The van der Waals surface area contributed by atoms with E-state index >= 15 is 0 Å². The molecule has 0 atom stereocenters. The van der Waals surface area contributed by atoms with Crippen molar-refractivity contribution in [3.63, 3.8) is 0 Å². The Hall–Kier alpha value is -1.37. The number of hydrogen-bond donors (Lipinski definition) is 0. The molecule has 1 aromatic carbocycles. The van der Waals surface area contributed by atoms with Gasteiger partial charge in [-0.3, -0.25) is 4.98 Å². The minimum Gasteiger partial charge on any atom is -0.256 e. The summed E-state index contributed by atoms with van der Waals surface area (Å²) in [5, 5.41) is 1.30. The van der Waals surface area contributed by atoms with Crippen LogP contribution >= 0.6 is 0 Å². The molecule has 0 N–H and O–H groups in total. The molecule has 0 saturated carbocycles. The zero-order valence-corrected chi connectivity index (χ0v) is 12.3. The van der Waals surface area contributed by atoms with Gasteiger partial charge in [-0.25, -0.2) is 0 Å². The highest BCUT2D eigenvalue weighted by atomic mass is 14.7. The van der Waals surface area contributed by atoms with Crippen molar-refractivity contribution < 1.29 is 0 Å². The van der Waals surface area contributed by atoms with Gasteiger partial charge in [0.1, 0.15) is 0 Å². The van der Waals surface area contributed by atoms with Gasteiger partial charge in [-0.1, -0.05) is 40.7 Å². The maximum absolute atomic E-state index is 4.61. The molecule has 1 nitrogen and oxygen atoms in total. The molecule has 0 fully saturated rings. The van der Waals surface area contributed by atoms with Crippen molar-refractivity contribution >= 4 is 10.9 Å². The molecule has 96 valence electrons. The predicted octanol–water partition coefficient (Wildman–Crippen LogP) is 4.96. The largest absolute Gasteiger partial charge is 0.256 e. The molecular formula is C17H23N. The lowest BCUT2D eigenvalue weighted by Gasteiger charge is -2.23. The van der Waals surface area contributed by atoms with Gasteiger partial charge in [-0.05, 0) is 47.1 Å². The maximum atomic E-state index is 4.61. The Morgan fingerprint density at radius 1 is 1.11 bits per heavy atom. The molecule has 0 spiro atoms. The Balaban J connectivity index is 2.86. The van der Waals surface area contributed by atoms with Crippen molar-refractivity contribution in [1.29, 1.82) is 0 Å². The fourth-order valence-corrected chi connectivity index (χ4v) is 2.31. The Bertz CT molecular complexity index is 574. The third-order valence-electron chi connectivity index (χ3n) is 3.56. The average molecular weight is 241 g/mol. The lowest BCUT2D eigenvalue weighted by Crippen LogP contribution is -2.13. The third kappa shape index (κ3) is 2.27. The summed E-state index contributed by atoms with van der Waals surface area (Å²) in [6.07, 6.45) is 1.92. The van der Waals surface area contributed by atoms with Gasteiger partial charge in [0, 0.05) is 11.6 Å². The first kappa shape index (κ1) is 13.1. The fourth-order valence-electron chi connectivity index (χ4n) is 2.31. The Morgan fingerprint density at radius 2 is 1.78 bits per heavy atom. The van der Waals surface area contributed by atoms with E-state index in [0.717, 1.165) is 5.52 Å². The van der Waals surface area contributed by atoms with Crippen LogP contribution in [0.5, 0.6) is 0 Å². The summed E-state index contributed by atoms with van der Waals surface area (Å²) in [4.78, 5) is 4.61. The van der Waals surface area contributed by atoms with E-state index in [9.17, 15) is 0 Å². The van der Waals surface area contributed by atoms with Gasteiger partial charge < -0.3 is 0 Å². The molecule has 1 heterocycles. The van der Waals surface area contributed by atoms with Gasteiger partial charge in [0.2, 0.25) is 0 Å². The standard InChI is InChI=1S/C17H23N/c1-11(2)13-9-14-12(3)7-8-18-16(14)15(10-13)17(4,5)6/h7-11H,1-6H3. The summed E-state index contributed by atoms with van der Waals surface area (Å²) in [5.74, 6) is 0.551.